The first-order chi connectivity index (χ1) is 16.2. The maximum atomic E-state index is 12.6. The lowest BCUT2D eigenvalue weighted by Gasteiger charge is -2.34. The monoisotopic (exact) mass is 485 g/mol. The second-order valence-electron chi connectivity index (χ2n) is 9.03. The fourth-order valence-electron chi connectivity index (χ4n) is 5.24. The molecule has 1 N–H and O–H groups in total. The molecule has 0 radical (unpaired) electrons. The number of likely N-dealkylation sites (tertiary alicyclic amines) is 1. The Bertz CT molecular complexity index is 1310. The minimum atomic E-state index is -0.0417. The highest BCUT2D eigenvalue weighted by atomic mass is 35.5. The number of hydrogen-bond donors (Lipinski definition) is 1. The SMILES string of the molecule is Cl.O=c1ccc2ccc(=O)n3c2n1CC3CN1CCC(NCc2cc3c(cn2)OCCO3)CC1. The Labute approximate surface area is 202 Å². The highest BCUT2D eigenvalue weighted by molar-refractivity contribution is 5.85. The van der Waals surface area contributed by atoms with Gasteiger partial charge >= 0.3 is 0 Å². The van der Waals surface area contributed by atoms with E-state index in [1.807, 2.05) is 10.6 Å². The molecule has 3 aliphatic heterocycles. The molecule has 0 bridgehead atoms. The summed E-state index contributed by atoms with van der Waals surface area (Å²) in [6.45, 7) is 5.08. The number of hydrogen-bond acceptors (Lipinski definition) is 7. The third kappa shape index (κ3) is 4.19. The molecule has 3 aromatic rings. The molecule has 6 rings (SSSR count). The molecule has 1 fully saturated rings. The molecule has 1 atom stereocenters. The maximum Gasteiger partial charge on any atom is 0.252 e. The zero-order chi connectivity index (χ0) is 22.4. The van der Waals surface area contributed by atoms with Crippen LogP contribution in [0.15, 0.2) is 46.1 Å². The topological polar surface area (TPSA) is 90.6 Å². The fourth-order valence-corrected chi connectivity index (χ4v) is 5.24. The van der Waals surface area contributed by atoms with Crippen LogP contribution in [0.25, 0.3) is 11.0 Å². The van der Waals surface area contributed by atoms with E-state index in [0.717, 1.165) is 55.0 Å². The Hall–Kier alpha value is -2.88. The molecule has 6 heterocycles. The summed E-state index contributed by atoms with van der Waals surface area (Å²) >= 11 is 0. The van der Waals surface area contributed by atoms with E-state index in [0.29, 0.717) is 38.1 Å². The Morgan fingerprint density at radius 1 is 1.00 bits per heavy atom. The molecule has 0 aromatic carbocycles. The van der Waals surface area contributed by atoms with E-state index >= 15 is 0 Å². The molecule has 1 unspecified atom stereocenters. The molecule has 0 spiro atoms. The molecular formula is C24H28ClN5O4. The second kappa shape index (κ2) is 9.40. The van der Waals surface area contributed by atoms with E-state index in [-0.39, 0.29) is 29.6 Å². The lowest BCUT2D eigenvalue weighted by atomic mass is 10.0. The van der Waals surface area contributed by atoms with Gasteiger partial charge in [-0.05, 0) is 38.1 Å². The van der Waals surface area contributed by atoms with Crippen LogP contribution in [-0.2, 0) is 13.1 Å². The number of rotatable bonds is 5. The third-order valence-corrected chi connectivity index (χ3v) is 6.93. The number of pyridine rings is 3. The van der Waals surface area contributed by atoms with E-state index < -0.39 is 0 Å². The third-order valence-electron chi connectivity index (χ3n) is 6.93. The number of ether oxygens (including phenoxy) is 2. The number of halogens is 1. The largest absolute Gasteiger partial charge is 0.486 e. The van der Waals surface area contributed by atoms with Crippen molar-refractivity contribution in [3.8, 4) is 11.5 Å². The van der Waals surface area contributed by atoms with Crippen LogP contribution in [0.1, 0.15) is 24.6 Å². The van der Waals surface area contributed by atoms with Gasteiger partial charge < -0.3 is 19.7 Å². The molecule has 34 heavy (non-hydrogen) atoms. The van der Waals surface area contributed by atoms with Gasteiger partial charge in [-0.2, -0.15) is 0 Å². The number of piperidine rings is 1. The molecule has 9 nitrogen and oxygen atoms in total. The van der Waals surface area contributed by atoms with Gasteiger partial charge in [0.1, 0.15) is 18.9 Å². The van der Waals surface area contributed by atoms with Gasteiger partial charge in [-0.3, -0.25) is 23.7 Å². The summed E-state index contributed by atoms with van der Waals surface area (Å²) in [5.74, 6) is 1.48. The van der Waals surface area contributed by atoms with Crippen molar-refractivity contribution in [3.63, 3.8) is 0 Å². The number of aromatic nitrogens is 3. The predicted octanol–water partition coefficient (Wildman–Crippen LogP) is 1.56. The van der Waals surface area contributed by atoms with Gasteiger partial charge in [-0.15, -0.1) is 12.4 Å². The van der Waals surface area contributed by atoms with Crippen LogP contribution >= 0.6 is 12.4 Å². The van der Waals surface area contributed by atoms with Gasteiger partial charge in [0.05, 0.1) is 17.9 Å². The normalized spacial score (nSPS) is 19.8. The maximum absolute atomic E-state index is 12.6. The quantitative estimate of drug-likeness (QED) is 0.586. The summed E-state index contributed by atoms with van der Waals surface area (Å²) in [7, 11) is 0. The van der Waals surface area contributed by atoms with Crippen LogP contribution in [-0.4, -0.2) is 57.9 Å². The Morgan fingerprint density at radius 2 is 1.74 bits per heavy atom. The van der Waals surface area contributed by atoms with E-state index in [9.17, 15) is 9.59 Å². The summed E-state index contributed by atoms with van der Waals surface area (Å²) in [4.78, 5) is 31.9. The van der Waals surface area contributed by atoms with Crippen LogP contribution in [0.5, 0.6) is 11.5 Å². The molecule has 0 amide bonds. The van der Waals surface area contributed by atoms with Crippen LogP contribution in [0.4, 0.5) is 0 Å². The highest BCUT2D eigenvalue weighted by Crippen LogP contribution is 2.29. The predicted molar refractivity (Wildman–Crippen MR) is 130 cm³/mol. The van der Waals surface area contributed by atoms with Crippen molar-refractivity contribution in [1.29, 1.82) is 0 Å². The molecule has 0 aliphatic carbocycles. The second-order valence-corrected chi connectivity index (χ2v) is 9.03. The van der Waals surface area contributed by atoms with Crippen LogP contribution in [0.3, 0.4) is 0 Å². The van der Waals surface area contributed by atoms with Crippen LogP contribution in [0, 0.1) is 0 Å². The average Bonchev–Trinajstić information content (AvgIpc) is 3.23. The Morgan fingerprint density at radius 3 is 2.53 bits per heavy atom. The van der Waals surface area contributed by atoms with Crippen LogP contribution < -0.4 is 25.9 Å². The van der Waals surface area contributed by atoms with Crippen LogP contribution in [0.2, 0.25) is 0 Å². The van der Waals surface area contributed by atoms with Crippen molar-refractivity contribution in [1.82, 2.24) is 24.3 Å². The molecule has 0 saturated carbocycles. The van der Waals surface area contributed by atoms with Crippen molar-refractivity contribution in [2.75, 3.05) is 32.8 Å². The minimum absolute atomic E-state index is 0. The first-order valence-corrected chi connectivity index (χ1v) is 11.6. The smallest absolute Gasteiger partial charge is 0.252 e. The number of nitrogens with zero attached hydrogens (tertiary/aromatic N) is 4. The molecule has 10 heteroatoms. The summed E-state index contributed by atoms with van der Waals surface area (Å²) in [6, 6.07) is 9.17. The molecule has 3 aromatic heterocycles. The van der Waals surface area contributed by atoms with Gasteiger partial charge in [0, 0.05) is 49.3 Å². The minimum Gasteiger partial charge on any atom is -0.486 e. The summed E-state index contributed by atoms with van der Waals surface area (Å²) in [5, 5.41) is 4.56. The number of fused-ring (bicyclic) bond motifs is 1. The van der Waals surface area contributed by atoms with Crippen molar-refractivity contribution in [3.05, 3.63) is 62.9 Å². The first kappa shape index (κ1) is 22.9. The van der Waals surface area contributed by atoms with Crippen molar-refractivity contribution >= 4 is 23.4 Å². The lowest BCUT2D eigenvalue weighted by molar-refractivity contribution is 0.168. The summed E-state index contributed by atoms with van der Waals surface area (Å²) < 4.78 is 14.7. The molecule has 3 aliphatic rings. The zero-order valence-electron chi connectivity index (χ0n) is 18.8. The van der Waals surface area contributed by atoms with E-state index in [4.69, 9.17) is 9.47 Å². The highest BCUT2D eigenvalue weighted by Gasteiger charge is 2.29. The number of nitrogens with one attached hydrogen (secondary N) is 1. The lowest BCUT2D eigenvalue weighted by Crippen LogP contribution is -2.44. The van der Waals surface area contributed by atoms with Gasteiger partial charge in [-0.1, -0.05) is 0 Å². The molecule has 180 valence electrons. The fraction of sp³-hybridized carbons (Fsp3) is 0.458. The van der Waals surface area contributed by atoms with E-state index in [1.54, 1.807) is 35.0 Å². The van der Waals surface area contributed by atoms with E-state index in [2.05, 4.69) is 15.2 Å². The van der Waals surface area contributed by atoms with Gasteiger partial charge in [0.25, 0.3) is 11.1 Å². The summed E-state index contributed by atoms with van der Waals surface area (Å²) in [6.07, 6.45) is 3.80. The standard InChI is InChI=1S/C24H27N5O4.ClH/c30-22-3-1-16-2-4-23(31)29-19(15-28(22)24(16)29)14-27-7-5-17(6-8-27)25-12-18-11-20-21(13-26-18)33-10-9-32-20;/h1-4,11,13,17,19,25H,5-10,12,14-15H2;1H. The van der Waals surface area contributed by atoms with Crippen molar-refractivity contribution in [2.45, 2.75) is 38.0 Å². The zero-order valence-corrected chi connectivity index (χ0v) is 19.6. The first-order valence-electron chi connectivity index (χ1n) is 11.6. The van der Waals surface area contributed by atoms with E-state index in [1.165, 1.54) is 0 Å². The van der Waals surface area contributed by atoms with Gasteiger partial charge in [0.15, 0.2) is 11.5 Å². The molecular weight excluding hydrogens is 458 g/mol. The van der Waals surface area contributed by atoms with Crippen molar-refractivity contribution < 1.29 is 9.47 Å². The van der Waals surface area contributed by atoms with Gasteiger partial charge in [0.2, 0.25) is 0 Å². The summed E-state index contributed by atoms with van der Waals surface area (Å²) in [5.41, 5.74) is 1.62. The molecule has 1 saturated heterocycles. The average molecular weight is 486 g/mol. The van der Waals surface area contributed by atoms with Gasteiger partial charge in [-0.25, -0.2) is 0 Å². The van der Waals surface area contributed by atoms with Crippen molar-refractivity contribution in [2.24, 2.45) is 0 Å². The Kier molecular flexibility index (Phi) is 6.33. The Balaban J connectivity index is 0.00000241.